The number of aromatic amines is 2. The fourth-order valence-electron chi connectivity index (χ4n) is 4.92. The molecule has 0 unspecified atom stereocenters. The number of hydrogen-bond acceptors (Lipinski definition) is 8. The van der Waals surface area contributed by atoms with Gasteiger partial charge in [0.2, 0.25) is 5.78 Å². The molecular weight excluding hydrogens is 532 g/mol. The summed E-state index contributed by atoms with van der Waals surface area (Å²) in [7, 11) is 0. The quantitative estimate of drug-likeness (QED) is 0.165. The Morgan fingerprint density at radius 2 is 0.900 bits per heavy atom. The summed E-state index contributed by atoms with van der Waals surface area (Å²) in [4.78, 5) is 104. The van der Waals surface area contributed by atoms with Gasteiger partial charge in [0.1, 0.15) is 11.4 Å². The van der Waals surface area contributed by atoms with Crippen LogP contribution in [0.15, 0.2) is 9.59 Å². The Bertz CT molecular complexity index is 1440. The van der Waals surface area contributed by atoms with Crippen LogP contribution in [0.2, 0.25) is 0 Å². The second-order valence-corrected chi connectivity index (χ2v) is 9.35. The van der Waals surface area contributed by atoms with E-state index < -0.39 is 82.6 Å². The third-order valence-electron chi connectivity index (χ3n) is 6.77. The first-order valence-corrected chi connectivity index (χ1v) is 12.3. The number of aliphatic carboxylic acids is 4. The second kappa shape index (κ2) is 11.5. The van der Waals surface area contributed by atoms with E-state index in [0.717, 1.165) is 0 Å². The van der Waals surface area contributed by atoms with Gasteiger partial charge in [0, 0.05) is 24.0 Å². The minimum absolute atomic E-state index is 0.00131. The number of fused-ring (bicyclic) bond motifs is 2. The number of aromatic nitrogens is 2. The molecule has 0 aliphatic heterocycles. The van der Waals surface area contributed by atoms with Gasteiger partial charge in [0.25, 0.3) is 11.1 Å². The van der Waals surface area contributed by atoms with Crippen LogP contribution < -0.4 is 11.1 Å². The molecule has 3 rings (SSSR count). The molecule has 14 nitrogen and oxygen atoms in total. The lowest BCUT2D eigenvalue weighted by molar-refractivity contribution is -0.156. The summed E-state index contributed by atoms with van der Waals surface area (Å²) in [5.74, 6) is -12.6. The van der Waals surface area contributed by atoms with Gasteiger partial charge in [-0.3, -0.25) is 38.4 Å². The number of carbonyl (C=O) groups excluding carboxylic acids is 2. The zero-order valence-electron chi connectivity index (χ0n) is 21.5. The fourth-order valence-corrected chi connectivity index (χ4v) is 4.92. The van der Waals surface area contributed by atoms with Crippen LogP contribution in [0.5, 0.6) is 0 Å². The molecule has 1 aliphatic rings. The standard InChI is InChI=1S/C26H26N2O12/c1-3-5-9-11(7-13(23(33)34)24(35)36)21(31)27-17-15(9)19(29)16-10(6-4-2)12(8-14(25(37)38)26(39)40)22(32)28-18(16)20(17)30/h13-14H,3-8H2,1-2H3,(H,27,31)(H,28,32)(H,33,34)(H,35,36)(H,37,38)(H,39,40). The summed E-state index contributed by atoms with van der Waals surface area (Å²) >= 11 is 0. The number of carboxylic acids is 4. The molecule has 0 fully saturated rings. The summed E-state index contributed by atoms with van der Waals surface area (Å²) in [6.45, 7) is 3.37. The van der Waals surface area contributed by atoms with Gasteiger partial charge in [0.05, 0.1) is 11.1 Å². The van der Waals surface area contributed by atoms with Crippen LogP contribution in [-0.2, 0) is 44.9 Å². The van der Waals surface area contributed by atoms with Gasteiger partial charge in [-0.2, -0.15) is 0 Å². The number of hydrogen-bond donors (Lipinski definition) is 6. The third-order valence-corrected chi connectivity index (χ3v) is 6.77. The molecule has 2 heterocycles. The molecule has 1 aliphatic carbocycles. The normalized spacial score (nSPS) is 12.4. The van der Waals surface area contributed by atoms with Gasteiger partial charge in [-0.05, 0) is 24.0 Å². The van der Waals surface area contributed by atoms with Crippen molar-refractivity contribution < 1.29 is 49.2 Å². The summed E-state index contributed by atoms with van der Waals surface area (Å²) in [6, 6.07) is 0. The highest BCUT2D eigenvalue weighted by atomic mass is 16.4. The van der Waals surface area contributed by atoms with Gasteiger partial charge in [-0.1, -0.05) is 26.7 Å². The van der Waals surface area contributed by atoms with Crippen molar-refractivity contribution in [2.45, 2.75) is 52.4 Å². The first-order valence-electron chi connectivity index (χ1n) is 12.3. The van der Waals surface area contributed by atoms with Crippen molar-refractivity contribution >= 4 is 35.4 Å². The first-order chi connectivity index (χ1) is 18.8. The highest BCUT2D eigenvalue weighted by molar-refractivity contribution is 6.28. The van der Waals surface area contributed by atoms with E-state index in [4.69, 9.17) is 0 Å². The van der Waals surface area contributed by atoms with Crippen LogP contribution in [0.4, 0.5) is 0 Å². The molecule has 0 atom stereocenters. The molecule has 212 valence electrons. The van der Waals surface area contributed by atoms with E-state index in [-0.39, 0.29) is 46.2 Å². The van der Waals surface area contributed by atoms with Gasteiger partial charge in [-0.25, -0.2) is 0 Å². The van der Waals surface area contributed by atoms with Gasteiger partial charge >= 0.3 is 23.9 Å². The molecule has 0 spiro atoms. The molecule has 0 bridgehead atoms. The Morgan fingerprint density at radius 3 is 1.18 bits per heavy atom. The average Bonchev–Trinajstić information content (AvgIpc) is 2.85. The number of H-pyrrole nitrogens is 2. The number of pyridine rings is 2. The van der Waals surface area contributed by atoms with Crippen LogP contribution in [0.25, 0.3) is 0 Å². The van der Waals surface area contributed by atoms with E-state index in [1.807, 2.05) is 0 Å². The van der Waals surface area contributed by atoms with Crippen LogP contribution >= 0.6 is 0 Å². The Balaban J connectivity index is 2.36. The van der Waals surface area contributed by atoms with Crippen molar-refractivity contribution in [2.24, 2.45) is 11.8 Å². The van der Waals surface area contributed by atoms with E-state index in [1.54, 1.807) is 13.8 Å². The maximum absolute atomic E-state index is 14.0. The van der Waals surface area contributed by atoms with Crippen LogP contribution in [0.1, 0.15) is 81.0 Å². The van der Waals surface area contributed by atoms with Crippen molar-refractivity contribution in [3.63, 3.8) is 0 Å². The van der Waals surface area contributed by atoms with Gasteiger partial charge < -0.3 is 30.4 Å². The molecule has 0 radical (unpaired) electrons. The highest BCUT2D eigenvalue weighted by Crippen LogP contribution is 2.32. The molecule has 2 aromatic heterocycles. The van der Waals surface area contributed by atoms with E-state index in [0.29, 0.717) is 12.8 Å². The minimum atomic E-state index is -2.01. The number of nitrogens with one attached hydrogen (secondary N) is 2. The minimum Gasteiger partial charge on any atom is -0.481 e. The molecule has 2 aromatic rings. The highest BCUT2D eigenvalue weighted by Gasteiger charge is 2.40. The van der Waals surface area contributed by atoms with Crippen LogP contribution in [0.3, 0.4) is 0 Å². The van der Waals surface area contributed by atoms with Gasteiger partial charge in [-0.15, -0.1) is 0 Å². The lowest BCUT2D eigenvalue weighted by Gasteiger charge is -2.25. The van der Waals surface area contributed by atoms with Crippen molar-refractivity contribution in [3.8, 4) is 0 Å². The maximum atomic E-state index is 14.0. The molecule has 14 heteroatoms. The largest absolute Gasteiger partial charge is 0.481 e. The van der Waals surface area contributed by atoms with Crippen molar-refractivity contribution in [3.05, 3.63) is 65.5 Å². The first kappa shape index (κ1) is 29.7. The lowest BCUT2D eigenvalue weighted by atomic mass is 9.79. The number of ketones is 2. The van der Waals surface area contributed by atoms with Crippen molar-refractivity contribution in [1.29, 1.82) is 0 Å². The molecule has 40 heavy (non-hydrogen) atoms. The number of carbonyl (C=O) groups is 6. The molecular formula is C26H26N2O12. The average molecular weight is 558 g/mol. The van der Waals surface area contributed by atoms with E-state index in [9.17, 15) is 58.8 Å². The molecule has 0 amide bonds. The Labute approximate surface area is 224 Å². The summed E-state index contributed by atoms with van der Waals surface area (Å²) < 4.78 is 0. The third kappa shape index (κ3) is 5.19. The molecule has 0 saturated carbocycles. The second-order valence-electron chi connectivity index (χ2n) is 9.35. The zero-order chi connectivity index (χ0) is 30.0. The monoisotopic (exact) mass is 558 g/mol. The Kier molecular flexibility index (Phi) is 8.51. The zero-order valence-corrected chi connectivity index (χ0v) is 21.5. The maximum Gasteiger partial charge on any atom is 0.318 e. The topological polar surface area (TPSA) is 249 Å². The van der Waals surface area contributed by atoms with E-state index in [2.05, 4.69) is 9.97 Å². The van der Waals surface area contributed by atoms with Crippen LogP contribution in [-0.4, -0.2) is 65.8 Å². The molecule has 6 N–H and O–H groups in total. The number of carboxylic acid groups (broad SMARTS) is 4. The fraction of sp³-hybridized carbons (Fsp3) is 0.385. The predicted octanol–water partition coefficient (Wildman–Crippen LogP) is 0.399. The molecule has 0 saturated heterocycles. The number of rotatable bonds is 12. The lowest BCUT2D eigenvalue weighted by Crippen LogP contribution is -2.37. The predicted molar refractivity (Wildman–Crippen MR) is 134 cm³/mol. The Morgan fingerprint density at radius 1 is 0.575 bits per heavy atom. The summed E-state index contributed by atoms with van der Waals surface area (Å²) in [6.07, 6.45) is -0.898. The van der Waals surface area contributed by atoms with E-state index >= 15 is 0 Å². The van der Waals surface area contributed by atoms with Crippen LogP contribution in [0, 0.1) is 11.8 Å². The summed E-state index contributed by atoms with van der Waals surface area (Å²) in [5.41, 5.74) is -4.02. The molecule has 0 aromatic carbocycles. The SMILES string of the molecule is CCCc1c2c([nH]c(=O)c1CC(C(=O)O)C(=O)O)C(=O)c1[nH]c(=O)c(CC(C(=O)O)C(=O)O)c(CCC)c1C2=O. The van der Waals surface area contributed by atoms with E-state index in [1.165, 1.54) is 0 Å². The Hall–Kier alpha value is -4.88. The smallest absolute Gasteiger partial charge is 0.318 e. The van der Waals surface area contributed by atoms with Crippen molar-refractivity contribution in [2.75, 3.05) is 0 Å². The summed E-state index contributed by atoms with van der Waals surface area (Å²) in [5, 5.41) is 37.4. The van der Waals surface area contributed by atoms with Crippen molar-refractivity contribution in [1.82, 2.24) is 9.97 Å². The van der Waals surface area contributed by atoms with Gasteiger partial charge in [0.15, 0.2) is 17.6 Å².